The summed E-state index contributed by atoms with van der Waals surface area (Å²) in [4.78, 5) is 24.3. The number of nitrogens with one attached hydrogen (secondary N) is 1. The number of amides is 1. The minimum atomic E-state index is -0.810. The van der Waals surface area contributed by atoms with Crippen molar-refractivity contribution in [1.82, 2.24) is 5.32 Å². The molecule has 0 spiro atoms. The van der Waals surface area contributed by atoms with E-state index < -0.39 is 11.9 Å². The molecule has 0 saturated heterocycles. The van der Waals surface area contributed by atoms with E-state index in [-0.39, 0.29) is 29.7 Å². The number of aliphatic carboxylic acids is 1. The zero-order chi connectivity index (χ0) is 14.8. The van der Waals surface area contributed by atoms with Gasteiger partial charge >= 0.3 is 5.97 Å². The summed E-state index contributed by atoms with van der Waals surface area (Å²) in [6, 6.07) is 0.249. The van der Waals surface area contributed by atoms with Gasteiger partial charge in [0, 0.05) is 6.04 Å². The minimum absolute atomic E-state index is 0.0200. The Bertz CT molecular complexity index is 437. The zero-order valence-corrected chi connectivity index (χ0v) is 12.5. The van der Waals surface area contributed by atoms with Crippen LogP contribution in [0.5, 0.6) is 0 Å². The highest BCUT2D eigenvalue weighted by atomic mass is 16.4. The van der Waals surface area contributed by atoms with E-state index in [2.05, 4.69) is 11.4 Å². The molecule has 0 aromatic carbocycles. The number of hydrogen-bond donors (Lipinski definition) is 2. The number of carboxylic acid groups (broad SMARTS) is 1. The molecule has 4 nitrogen and oxygen atoms in total. The first-order valence-electron chi connectivity index (χ1n) is 8.38. The molecule has 21 heavy (non-hydrogen) atoms. The maximum Gasteiger partial charge on any atom is 0.307 e. The Hall–Kier alpha value is -1.32. The number of hydrogen-bond acceptors (Lipinski definition) is 2. The van der Waals surface area contributed by atoms with E-state index >= 15 is 0 Å². The third-order valence-corrected chi connectivity index (χ3v) is 5.54. The van der Waals surface area contributed by atoms with Gasteiger partial charge in [0.15, 0.2) is 0 Å². The molecule has 0 aromatic heterocycles. The molecule has 4 aliphatic carbocycles. The SMILES string of the molecule is O=C(O)C1C2C=CC(CC2)C1C(=O)NC1CCCCCC1. The smallest absolute Gasteiger partial charge is 0.307 e. The number of allylic oxidation sites excluding steroid dienone is 2. The van der Waals surface area contributed by atoms with Gasteiger partial charge in [0.2, 0.25) is 5.91 Å². The van der Waals surface area contributed by atoms with Gasteiger partial charge in [-0.2, -0.15) is 0 Å². The Labute approximate surface area is 126 Å². The summed E-state index contributed by atoms with van der Waals surface area (Å²) in [5.41, 5.74) is 0. The highest BCUT2D eigenvalue weighted by Crippen LogP contribution is 2.45. The van der Waals surface area contributed by atoms with Crippen LogP contribution in [0.3, 0.4) is 0 Å². The van der Waals surface area contributed by atoms with Crippen LogP contribution in [0.1, 0.15) is 51.4 Å². The van der Waals surface area contributed by atoms with Crippen LogP contribution in [0.25, 0.3) is 0 Å². The summed E-state index contributed by atoms with van der Waals surface area (Å²) in [6.07, 6.45) is 12.9. The first-order valence-corrected chi connectivity index (χ1v) is 8.38. The van der Waals surface area contributed by atoms with Crippen LogP contribution >= 0.6 is 0 Å². The van der Waals surface area contributed by atoms with Crippen molar-refractivity contribution in [2.45, 2.75) is 57.4 Å². The van der Waals surface area contributed by atoms with Crippen LogP contribution in [0.2, 0.25) is 0 Å². The van der Waals surface area contributed by atoms with E-state index in [4.69, 9.17) is 0 Å². The van der Waals surface area contributed by atoms with Gasteiger partial charge in [0.1, 0.15) is 0 Å². The van der Waals surface area contributed by atoms with E-state index in [0.29, 0.717) is 0 Å². The van der Waals surface area contributed by atoms with E-state index in [0.717, 1.165) is 25.7 Å². The molecule has 0 radical (unpaired) electrons. The normalized spacial score (nSPS) is 36.2. The van der Waals surface area contributed by atoms with Crippen molar-refractivity contribution >= 4 is 11.9 Å². The molecule has 2 bridgehead atoms. The second kappa shape index (κ2) is 6.20. The van der Waals surface area contributed by atoms with Crippen LogP contribution in [0.15, 0.2) is 12.2 Å². The van der Waals surface area contributed by atoms with Crippen LogP contribution in [-0.2, 0) is 9.59 Å². The predicted molar refractivity (Wildman–Crippen MR) is 79.6 cm³/mol. The fraction of sp³-hybridized carbons (Fsp3) is 0.765. The molecule has 4 rings (SSSR count). The lowest BCUT2D eigenvalue weighted by atomic mass is 9.62. The summed E-state index contributed by atoms with van der Waals surface area (Å²) >= 11 is 0. The van der Waals surface area contributed by atoms with Gasteiger partial charge in [-0.1, -0.05) is 37.8 Å². The molecule has 4 heteroatoms. The standard InChI is InChI=1S/C17H25NO3/c19-16(18-13-5-3-1-2-4-6-13)14-11-7-9-12(10-8-11)15(14)17(20)21/h7,9,11-15H,1-6,8,10H2,(H,18,19)(H,20,21). The molecule has 4 aliphatic rings. The third kappa shape index (κ3) is 2.99. The molecule has 0 heterocycles. The van der Waals surface area contributed by atoms with Gasteiger partial charge in [-0.15, -0.1) is 0 Å². The topological polar surface area (TPSA) is 66.4 Å². The molecular weight excluding hydrogens is 266 g/mol. The maximum absolute atomic E-state index is 12.7. The van der Waals surface area contributed by atoms with Crippen molar-refractivity contribution in [3.05, 3.63) is 12.2 Å². The fourth-order valence-electron chi connectivity index (χ4n) is 4.41. The molecule has 2 saturated carbocycles. The van der Waals surface area contributed by atoms with E-state index in [1.807, 2.05) is 6.08 Å². The number of fused-ring (bicyclic) bond motifs is 2. The highest BCUT2D eigenvalue weighted by Gasteiger charge is 2.48. The van der Waals surface area contributed by atoms with Crippen LogP contribution in [0.4, 0.5) is 0 Å². The summed E-state index contributed by atoms with van der Waals surface area (Å²) in [5.74, 6) is -1.57. The predicted octanol–water partition coefficient (Wildman–Crippen LogP) is 2.74. The van der Waals surface area contributed by atoms with Gasteiger partial charge < -0.3 is 10.4 Å². The molecule has 0 aromatic rings. The molecular formula is C17H25NO3. The molecule has 1 amide bonds. The molecule has 2 N–H and O–H groups in total. The largest absolute Gasteiger partial charge is 0.481 e. The third-order valence-electron chi connectivity index (χ3n) is 5.54. The van der Waals surface area contributed by atoms with Crippen LogP contribution < -0.4 is 5.32 Å². The molecule has 2 fully saturated rings. The van der Waals surface area contributed by atoms with Crippen molar-refractivity contribution in [2.75, 3.05) is 0 Å². The Morgan fingerprint density at radius 2 is 1.43 bits per heavy atom. The molecule has 4 unspecified atom stereocenters. The summed E-state index contributed by atoms with van der Waals surface area (Å²) in [7, 11) is 0. The Morgan fingerprint density at radius 3 is 1.95 bits per heavy atom. The summed E-state index contributed by atoms with van der Waals surface area (Å²) in [5, 5.41) is 12.7. The highest BCUT2D eigenvalue weighted by molar-refractivity contribution is 5.86. The number of carbonyl (C=O) groups excluding carboxylic acids is 1. The Kier molecular flexibility index (Phi) is 4.32. The van der Waals surface area contributed by atoms with Gasteiger partial charge in [0.05, 0.1) is 11.8 Å². The zero-order valence-electron chi connectivity index (χ0n) is 12.5. The molecule has 0 aliphatic heterocycles. The first-order chi connectivity index (χ1) is 10.2. The van der Waals surface area contributed by atoms with E-state index in [1.54, 1.807) is 0 Å². The number of carboxylic acids is 1. The lowest BCUT2D eigenvalue weighted by Crippen LogP contribution is -2.50. The van der Waals surface area contributed by atoms with Gasteiger partial charge in [-0.3, -0.25) is 9.59 Å². The van der Waals surface area contributed by atoms with Crippen molar-refractivity contribution in [2.24, 2.45) is 23.7 Å². The van der Waals surface area contributed by atoms with Crippen LogP contribution in [-0.4, -0.2) is 23.0 Å². The minimum Gasteiger partial charge on any atom is -0.481 e. The quantitative estimate of drug-likeness (QED) is 0.620. The number of carbonyl (C=O) groups is 2. The van der Waals surface area contributed by atoms with Crippen LogP contribution in [0, 0.1) is 23.7 Å². The second-order valence-electron chi connectivity index (χ2n) is 6.88. The Balaban J connectivity index is 1.70. The van der Waals surface area contributed by atoms with Gasteiger partial charge in [0.25, 0.3) is 0 Å². The Morgan fingerprint density at radius 1 is 0.857 bits per heavy atom. The molecule has 116 valence electrons. The number of rotatable bonds is 3. The summed E-state index contributed by atoms with van der Waals surface area (Å²) in [6.45, 7) is 0. The van der Waals surface area contributed by atoms with Crippen molar-refractivity contribution < 1.29 is 14.7 Å². The monoisotopic (exact) mass is 291 g/mol. The average molecular weight is 291 g/mol. The van der Waals surface area contributed by atoms with E-state index in [1.165, 1.54) is 25.7 Å². The van der Waals surface area contributed by atoms with Crippen molar-refractivity contribution in [3.63, 3.8) is 0 Å². The second-order valence-corrected chi connectivity index (χ2v) is 6.88. The molecule has 4 atom stereocenters. The van der Waals surface area contributed by atoms with Crippen molar-refractivity contribution in [1.29, 1.82) is 0 Å². The first kappa shape index (κ1) is 14.6. The lowest BCUT2D eigenvalue weighted by Gasteiger charge is -2.42. The summed E-state index contributed by atoms with van der Waals surface area (Å²) < 4.78 is 0. The lowest BCUT2D eigenvalue weighted by molar-refractivity contribution is -0.153. The fourth-order valence-corrected chi connectivity index (χ4v) is 4.41. The average Bonchev–Trinajstić information content (AvgIpc) is 2.76. The van der Waals surface area contributed by atoms with Crippen molar-refractivity contribution in [3.8, 4) is 0 Å². The maximum atomic E-state index is 12.7. The van der Waals surface area contributed by atoms with Gasteiger partial charge in [-0.05, 0) is 37.5 Å². The van der Waals surface area contributed by atoms with Gasteiger partial charge in [-0.25, -0.2) is 0 Å². The van der Waals surface area contributed by atoms with E-state index in [9.17, 15) is 14.7 Å².